The van der Waals surface area contributed by atoms with Crippen LogP contribution >= 0.6 is 0 Å². The van der Waals surface area contributed by atoms with Gasteiger partial charge in [-0.2, -0.15) is 0 Å². The van der Waals surface area contributed by atoms with Gasteiger partial charge in [-0.25, -0.2) is 9.97 Å². The Labute approximate surface area is 73.2 Å². The summed E-state index contributed by atoms with van der Waals surface area (Å²) >= 11 is 0. The topological polar surface area (TPSA) is 37.8 Å². The Bertz CT molecular complexity index is 247. The van der Waals surface area contributed by atoms with E-state index >= 15 is 0 Å². The Morgan fingerprint density at radius 1 is 1.58 bits per heavy atom. The maximum atomic E-state index is 4.39. The predicted octanol–water partition coefficient (Wildman–Crippen LogP) is 1.32. The van der Waals surface area contributed by atoms with Crippen LogP contribution in [-0.2, 0) is 6.42 Å². The summed E-state index contributed by atoms with van der Waals surface area (Å²) in [5.74, 6) is 0.912. The number of nitrogens with zero attached hydrogens (tertiary/aromatic N) is 2. The van der Waals surface area contributed by atoms with Gasteiger partial charge in [-0.3, -0.25) is 0 Å². The summed E-state index contributed by atoms with van der Waals surface area (Å²) in [5, 5.41) is 3.14. The molecule has 1 atom stereocenters. The molecule has 1 N–H and O–H groups in total. The second-order valence-corrected chi connectivity index (χ2v) is 2.76. The molecule has 0 bridgehead atoms. The van der Waals surface area contributed by atoms with Crippen LogP contribution in [0.4, 0.5) is 0 Å². The number of aryl methyl sites for hydroxylation is 1. The van der Waals surface area contributed by atoms with Gasteiger partial charge in [0.1, 0.15) is 5.82 Å². The van der Waals surface area contributed by atoms with Gasteiger partial charge in [-0.1, -0.05) is 6.92 Å². The van der Waals surface area contributed by atoms with Crippen molar-refractivity contribution in [3.05, 3.63) is 23.8 Å². The van der Waals surface area contributed by atoms with Crippen molar-refractivity contribution in [2.75, 3.05) is 7.05 Å². The first-order valence-corrected chi connectivity index (χ1v) is 4.27. The minimum atomic E-state index is 0.304. The molecule has 1 rings (SSSR count). The number of rotatable bonds is 3. The molecule has 0 spiro atoms. The minimum absolute atomic E-state index is 0.304. The SMILES string of the molecule is CCc1nccc([C@H](C)NC)n1. The summed E-state index contributed by atoms with van der Waals surface area (Å²) in [7, 11) is 1.93. The fourth-order valence-electron chi connectivity index (χ4n) is 0.974. The Balaban J connectivity index is 2.86. The molecule has 0 amide bonds. The van der Waals surface area contributed by atoms with E-state index in [4.69, 9.17) is 0 Å². The predicted molar refractivity (Wildman–Crippen MR) is 48.9 cm³/mol. The number of hydrogen-bond acceptors (Lipinski definition) is 3. The molecule has 66 valence electrons. The van der Waals surface area contributed by atoms with E-state index in [1.54, 1.807) is 0 Å². The highest BCUT2D eigenvalue weighted by molar-refractivity contribution is 5.06. The highest BCUT2D eigenvalue weighted by Gasteiger charge is 2.03. The molecule has 0 fully saturated rings. The molecule has 0 saturated heterocycles. The van der Waals surface area contributed by atoms with Crippen LogP contribution in [0.15, 0.2) is 12.3 Å². The maximum absolute atomic E-state index is 4.39. The Morgan fingerprint density at radius 2 is 2.33 bits per heavy atom. The highest BCUT2D eigenvalue weighted by atomic mass is 14.9. The molecule has 3 heteroatoms. The molecule has 0 saturated carbocycles. The molecular formula is C9H15N3. The van der Waals surface area contributed by atoms with Crippen molar-refractivity contribution < 1.29 is 0 Å². The third kappa shape index (κ3) is 2.01. The van der Waals surface area contributed by atoms with Crippen LogP contribution < -0.4 is 5.32 Å². The molecule has 3 nitrogen and oxygen atoms in total. The van der Waals surface area contributed by atoms with Gasteiger partial charge in [0, 0.05) is 18.7 Å². The summed E-state index contributed by atoms with van der Waals surface area (Å²) in [6.07, 6.45) is 2.71. The molecule has 1 heterocycles. The van der Waals surface area contributed by atoms with Gasteiger partial charge in [0.25, 0.3) is 0 Å². The molecule has 0 aliphatic carbocycles. The molecule has 1 aromatic rings. The lowest BCUT2D eigenvalue weighted by Crippen LogP contribution is -2.14. The van der Waals surface area contributed by atoms with Gasteiger partial charge in [0.15, 0.2) is 0 Å². The van der Waals surface area contributed by atoms with Crippen LogP contribution in [0.3, 0.4) is 0 Å². The van der Waals surface area contributed by atoms with Crippen LogP contribution in [0.5, 0.6) is 0 Å². The summed E-state index contributed by atoms with van der Waals surface area (Å²) in [5.41, 5.74) is 1.06. The molecule has 1 aromatic heterocycles. The average Bonchev–Trinajstić information content (AvgIpc) is 2.17. The van der Waals surface area contributed by atoms with Gasteiger partial charge < -0.3 is 5.32 Å². The van der Waals surface area contributed by atoms with Crippen molar-refractivity contribution in [1.29, 1.82) is 0 Å². The van der Waals surface area contributed by atoms with Gasteiger partial charge >= 0.3 is 0 Å². The van der Waals surface area contributed by atoms with Crippen LogP contribution in [0, 0.1) is 0 Å². The molecule has 12 heavy (non-hydrogen) atoms. The smallest absolute Gasteiger partial charge is 0.128 e. The van der Waals surface area contributed by atoms with E-state index in [1.807, 2.05) is 19.3 Å². The molecule has 0 radical (unpaired) electrons. The molecular weight excluding hydrogens is 150 g/mol. The maximum Gasteiger partial charge on any atom is 0.128 e. The first kappa shape index (κ1) is 9.13. The third-order valence-electron chi connectivity index (χ3n) is 1.92. The lowest BCUT2D eigenvalue weighted by atomic mass is 10.2. The Morgan fingerprint density at radius 3 is 2.92 bits per heavy atom. The normalized spacial score (nSPS) is 12.9. The van der Waals surface area contributed by atoms with E-state index in [9.17, 15) is 0 Å². The van der Waals surface area contributed by atoms with Gasteiger partial charge in [0.2, 0.25) is 0 Å². The summed E-state index contributed by atoms with van der Waals surface area (Å²) in [4.78, 5) is 8.52. The van der Waals surface area contributed by atoms with Crippen molar-refractivity contribution in [2.45, 2.75) is 26.3 Å². The van der Waals surface area contributed by atoms with Crippen molar-refractivity contribution in [3.63, 3.8) is 0 Å². The van der Waals surface area contributed by atoms with Crippen LogP contribution in [0.2, 0.25) is 0 Å². The molecule has 0 aliphatic rings. The van der Waals surface area contributed by atoms with Crippen LogP contribution in [0.1, 0.15) is 31.4 Å². The van der Waals surface area contributed by atoms with E-state index in [0.717, 1.165) is 17.9 Å². The summed E-state index contributed by atoms with van der Waals surface area (Å²) in [6.45, 7) is 4.14. The zero-order valence-electron chi connectivity index (χ0n) is 7.83. The third-order valence-corrected chi connectivity index (χ3v) is 1.92. The Kier molecular flexibility index (Phi) is 3.17. The quantitative estimate of drug-likeness (QED) is 0.734. The largest absolute Gasteiger partial charge is 0.312 e. The first-order chi connectivity index (χ1) is 5.77. The first-order valence-electron chi connectivity index (χ1n) is 4.27. The van der Waals surface area contributed by atoms with E-state index in [1.165, 1.54) is 0 Å². The van der Waals surface area contributed by atoms with Gasteiger partial charge in [0.05, 0.1) is 5.69 Å². The number of hydrogen-bond donors (Lipinski definition) is 1. The van der Waals surface area contributed by atoms with E-state index in [0.29, 0.717) is 6.04 Å². The second-order valence-electron chi connectivity index (χ2n) is 2.76. The van der Waals surface area contributed by atoms with E-state index in [2.05, 4.69) is 29.1 Å². The average molecular weight is 165 g/mol. The molecule has 0 aromatic carbocycles. The zero-order valence-corrected chi connectivity index (χ0v) is 7.83. The number of aromatic nitrogens is 2. The van der Waals surface area contributed by atoms with Crippen molar-refractivity contribution >= 4 is 0 Å². The van der Waals surface area contributed by atoms with Crippen LogP contribution in [0.25, 0.3) is 0 Å². The summed E-state index contributed by atoms with van der Waals surface area (Å²) < 4.78 is 0. The Hall–Kier alpha value is -0.960. The standard InChI is InChI=1S/C9H15N3/c1-4-9-11-6-5-8(12-9)7(2)10-3/h5-7,10H,4H2,1-3H3/t7-/m0/s1. The van der Waals surface area contributed by atoms with Crippen LogP contribution in [-0.4, -0.2) is 17.0 Å². The lowest BCUT2D eigenvalue weighted by molar-refractivity contribution is 0.625. The fraction of sp³-hybridized carbons (Fsp3) is 0.556. The number of nitrogens with one attached hydrogen (secondary N) is 1. The zero-order chi connectivity index (χ0) is 8.97. The fourth-order valence-corrected chi connectivity index (χ4v) is 0.974. The van der Waals surface area contributed by atoms with Crippen molar-refractivity contribution in [3.8, 4) is 0 Å². The van der Waals surface area contributed by atoms with E-state index < -0.39 is 0 Å². The molecule has 0 aliphatic heterocycles. The monoisotopic (exact) mass is 165 g/mol. The van der Waals surface area contributed by atoms with Gasteiger partial charge in [-0.05, 0) is 20.0 Å². The van der Waals surface area contributed by atoms with Crippen molar-refractivity contribution in [2.24, 2.45) is 0 Å². The molecule has 0 unspecified atom stereocenters. The minimum Gasteiger partial charge on any atom is -0.312 e. The van der Waals surface area contributed by atoms with Gasteiger partial charge in [-0.15, -0.1) is 0 Å². The highest BCUT2D eigenvalue weighted by Crippen LogP contribution is 2.07. The van der Waals surface area contributed by atoms with Crippen molar-refractivity contribution in [1.82, 2.24) is 15.3 Å². The summed E-state index contributed by atoms with van der Waals surface area (Å²) in [6, 6.07) is 2.25. The lowest BCUT2D eigenvalue weighted by Gasteiger charge is -2.09. The second kappa shape index (κ2) is 4.16. The van der Waals surface area contributed by atoms with E-state index in [-0.39, 0.29) is 0 Å².